The number of benzene rings is 1. The third kappa shape index (κ3) is 2.38. The van der Waals surface area contributed by atoms with E-state index in [4.69, 9.17) is 10.5 Å². The monoisotopic (exact) mass is 219 g/mol. The molecule has 1 aromatic carbocycles. The standard InChI is InChI=1S/C14H21NO/c1-2-16-14-10-12-6-3-5-11(12)9-13(14)7-4-8-15/h9-10H,2-8,15H2,1H3. The summed E-state index contributed by atoms with van der Waals surface area (Å²) in [7, 11) is 0. The van der Waals surface area contributed by atoms with E-state index in [0.29, 0.717) is 0 Å². The molecule has 1 aromatic rings. The van der Waals surface area contributed by atoms with Crippen LogP contribution in [0.5, 0.6) is 5.75 Å². The Morgan fingerprint density at radius 3 is 2.69 bits per heavy atom. The van der Waals surface area contributed by atoms with Gasteiger partial charge in [0.05, 0.1) is 6.61 Å². The minimum Gasteiger partial charge on any atom is -0.494 e. The van der Waals surface area contributed by atoms with Crippen molar-refractivity contribution in [1.29, 1.82) is 0 Å². The Kier molecular flexibility index (Phi) is 3.83. The molecule has 88 valence electrons. The number of hydrogen-bond acceptors (Lipinski definition) is 2. The minimum absolute atomic E-state index is 0.744. The Labute approximate surface area is 97.8 Å². The van der Waals surface area contributed by atoms with Gasteiger partial charge in [0.1, 0.15) is 5.75 Å². The van der Waals surface area contributed by atoms with Crippen molar-refractivity contribution in [3.05, 3.63) is 28.8 Å². The van der Waals surface area contributed by atoms with E-state index in [0.717, 1.165) is 31.7 Å². The van der Waals surface area contributed by atoms with Crippen LogP contribution in [0.15, 0.2) is 12.1 Å². The van der Waals surface area contributed by atoms with Crippen LogP contribution in [0.2, 0.25) is 0 Å². The molecule has 0 radical (unpaired) electrons. The first-order valence-electron chi connectivity index (χ1n) is 6.32. The Morgan fingerprint density at radius 1 is 1.25 bits per heavy atom. The maximum absolute atomic E-state index is 5.72. The molecule has 0 fully saturated rings. The van der Waals surface area contributed by atoms with E-state index in [1.807, 2.05) is 6.92 Å². The van der Waals surface area contributed by atoms with Gasteiger partial charge in [-0.05, 0) is 68.3 Å². The second-order valence-electron chi connectivity index (χ2n) is 4.41. The molecule has 2 rings (SSSR count). The topological polar surface area (TPSA) is 35.2 Å². The smallest absolute Gasteiger partial charge is 0.122 e. The highest BCUT2D eigenvalue weighted by molar-refractivity contribution is 5.45. The summed E-state index contributed by atoms with van der Waals surface area (Å²) in [5.41, 5.74) is 9.92. The molecule has 0 aromatic heterocycles. The lowest BCUT2D eigenvalue weighted by atomic mass is 10.0. The molecule has 0 unspecified atom stereocenters. The van der Waals surface area contributed by atoms with Crippen molar-refractivity contribution < 1.29 is 4.74 Å². The molecule has 1 aliphatic carbocycles. The summed E-state index contributed by atoms with van der Waals surface area (Å²) in [6, 6.07) is 4.58. The van der Waals surface area contributed by atoms with Crippen LogP contribution in [-0.4, -0.2) is 13.2 Å². The van der Waals surface area contributed by atoms with Gasteiger partial charge in [0.25, 0.3) is 0 Å². The van der Waals surface area contributed by atoms with Crippen molar-refractivity contribution in [3.63, 3.8) is 0 Å². The lowest BCUT2D eigenvalue weighted by molar-refractivity contribution is 0.336. The highest BCUT2D eigenvalue weighted by Gasteiger charge is 2.14. The first-order chi connectivity index (χ1) is 7.85. The zero-order chi connectivity index (χ0) is 11.4. The van der Waals surface area contributed by atoms with Crippen LogP contribution >= 0.6 is 0 Å². The van der Waals surface area contributed by atoms with Crippen molar-refractivity contribution in [1.82, 2.24) is 0 Å². The molecule has 16 heavy (non-hydrogen) atoms. The summed E-state index contributed by atoms with van der Waals surface area (Å²) >= 11 is 0. The van der Waals surface area contributed by atoms with Crippen molar-refractivity contribution in [2.24, 2.45) is 5.73 Å². The summed E-state index contributed by atoms with van der Waals surface area (Å²) in [5.74, 6) is 1.08. The van der Waals surface area contributed by atoms with Crippen molar-refractivity contribution in [2.75, 3.05) is 13.2 Å². The highest BCUT2D eigenvalue weighted by Crippen LogP contribution is 2.30. The lowest BCUT2D eigenvalue weighted by Gasteiger charge is -2.12. The quantitative estimate of drug-likeness (QED) is 0.825. The number of nitrogens with two attached hydrogens (primary N) is 1. The number of ether oxygens (including phenoxy) is 1. The van der Waals surface area contributed by atoms with E-state index in [9.17, 15) is 0 Å². The number of rotatable bonds is 5. The second-order valence-corrected chi connectivity index (χ2v) is 4.41. The Balaban J connectivity index is 2.25. The first kappa shape index (κ1) is 11.5. The first-order valence-corrected chi connectivity index (χ1v) is 6.32. The van der Waals surface area contributed by atoms with E-state index in [2.05, 4.69) is 12.1 Å². The molecule has 0 heterocycles. The molecular weight excluding hydrogens is 198 g/mol. The fraction of sp³-hybridized carbons (Fsp3) is 0.571. The lowest BCUT2D eigenvalue weighted by Crippen LogP contribution is -2.03. The summed E-state index contributed by atoms with van der Waals surface area (Å²) in [4.78, 5) is 0. The molecule has 2 heteroatoms. The van der Waals surface area contributed by atoms with Gasteiger partial charge < -0.3 is 10.5 Å². The fourth-order valence-electron chi connectivity index (χ4n) is 2.43. The summed E-state index contributed by atoms with van der Waals surface area (Å²) in [6.07, 6.45) is 5.82. The minimum atomic E-state index is 0.744. The van der Waals surface area contributed by atoms with Crippen molar-refractivity contribution >= 4 is 0 Å². The normalized spacial score (nSPS) is 13.9. The van der Waals surface area contributed by atoms with Gasteiger partial charge in [-0.25, -0.2) is 0 Å². The third-order valence-corrected chi connectivity index (χ3v) is 3.23. The van der Waals surface area contributed by atoms with Gasteiger partial charge in [0, 0.05) is 0 Å². The van der Waals surface area contributed by atoms with Gasteiger partial charge in [0.2, 0.25) is 0 Å². The fourth-order valence-corrected chi connectivity index (χ4v) is 2.43. The number of fused-ring (bicyclic) bond motifs is 1. The zero-order valence-electron chi connectivity index (χ0n) is 10.1. The summed E-state index contributed by atoms with van der Waals surface area (Å²) < 4.78 is 5.72. The second kappa shape index (κ2) is 5.35. The predicted octanol–water partition coefficient (Wildman–Crippen LogP) is 2.47. The van der Waals surface area contributed by atoms with Crippen molar-refractivity contribution in [3.8, 4) is 5.75 Å². The van der Waals surface area contributed by atoms with Gasteiger partial charge in [-0.1, -0.05) is 6.07 Å². The van der Waals surface area contributed by atoms with Gasteiger partial charge in [-0.3, -0.25) is 0 Å². The van der Waals surface area contributed by atoms with Gasteiger partial charge in [0.15, 0.2) is 0 Å². The molecule has 0 spiro atoms. The molecule has 0 saturated carbocycles. The highest BCUT2D eigenvalue weighted by atomic mass is 16.5. The van der Waals surface area contributed by atoms with Gasteiger partial charge >= 0.3 is 0 Å². The average molecular weight is 219 g/mol. The maximum Gasteiger partial charge on any atom is 0.122 e. The summed E-state index contributed by atoms with van der Waals surface area (Å²) in [5, 5.41) is 0. The predicted molar refractivity (Wildman–Crippen MR) is 67.0 cm³/mol. The van der Waals surface area contributed by atoms with E-state index in [1.54, 1.807) is 0 Å². The molecule has 0 saturated heterocycles. The third-order valence-electron chi connectivity index (χ3n) is 3.23. The summed E-state index contributed by atoms with van der Waals surface area (Å²) in [6.45, 7) is 3.54. The van der Waals surface area contributed by atoms with Crippen molar-refractivity contribution in [2.45, 2.75) is 39.0 Å². The Hall–Kier alpha value is -1.02. The molecule has 0 bridgehead atoms. The van der Waals surface area contributed by atoms with Crippen LogP contribution in [0.4, 0.5) is 0 Å². The van der Waals surface area contributed by atoms with E-state index >= 15 is 0 Å². The molecule has 2 N–H and O–H groups in total. The molecular formula is C14H21NO. The largest absolute Gasteiger partial charge is 0.494 e. The number of aryl methyl sites for hydroxylation is 3. The molecule has 0 aliphatic heterocycles. The maximum atomic E-state index is 5.72. The SMILES string of the molecule is CCOc1cc2c(cc1CCCN)CCC2. The van der Waals surface area contributed by atoms with E-state index < -0.39 is 0 Å². The van der Waals surface area contributed by atoms with Crippen LogP contribution < -0.4 is 10.5 Å². The van der Waals surface area contributed by atoms with Crippen LogP contribution in [0.25, 0.3) is 0 Å². The zero-order valence-corrected chi connectivity index (χ0v) is 10.1. The van der Waals surface area contributed by atoms with E-state index in [1.165, 1.54) is 36.0 Å². The van der Waals surface area contributed by atoms with E-state index in [-0.39, 0.29) is 0 Å². The number of hydrogen-bond donors (Lipinski definition) is 1. The van der Waals surface area contributed by atoms with Crippen LogP contribution in [0, 0.1) is 0 Å². The molecule has 1 aliphatic rings. The average Bonchev–Trinajstić information content (AvgIpc) is 2.73. The molecule has 2 nitrogen and oxygen atoms in total. The Morgan fingerprint density at radius 2 is 2.00 bits per heavy atom. The Bertz CT molecular complexity index is 360. The van der Waals surface area contributed by atoms with Crippen LogP contribution in [-0.2, 0) is 19.3 Å². The van der Waals surface area contributed by atoms with Gasteiger partial charge in [-0.15, -0.1) is 0 Å². The van der Waals surface area contributed by atoms with Crippen LogP contribution in [0.1, 0.15) is 36.5 Å². The van der Waals surface area contributed by atoms with Gasteiger partial charge in [-0.2, -0.15) is 0 Å². The van der Waals surface area contributed by atoms with Crippen LogP contribution in [0.3, 0.4) is 0 Å². The molecule has 0 atom stereocenters. The molecule has 0 amide bonds.